The molecule has 2 N–H and O–H groups in total. The maximum absolute atomic E-state index is 10.6. The molecule has 5 heteroatoms. The van der Waals surface area contributed by atoms with Crippen molar-refractivity contribution in [2.45, 2.75) is 52.4 Å². The van der Waals surface area contributed by atoms with Gasteiger partial charge in [0.05, 0.1) is 33.0 Å². The van der Waals surface area contributed by atoms with Gasteiger partial charge in [-0.2, -0.15) is 0 Å². The molecule has 0 heterocycles. The van der Waals surface area contributed by atoms with Crippen LogP contribution in [0.3, 0.4) is 0 Å². The molecule has 0 saturated heterocycles. The second-order valence-electron chi connectivity index (χ2n) is 8.17. The summed E-state index contributed by atoms with van der Waals surface area (Å²) in [7, 11) is 0. The third-order valence-electron chi connectivity index (χ3n) is 3.84. The molecular formula is C20H34O5. The first-order valence-corrected chi connectivity index (χ1v) is 8.84. The van der Waals surface area contributed by atoms with Crippen LogP contribution in [0, 0.1) is 0 Å². The molecule has 0 saturated carbocycles. The van der Waals surface area contributed by atoms with Crippen LogP contribution in [0.15, 0.2) is 12.1 Å². The molecule has 0 bridgehead atoms. The van der Waals surface area contributed by atoms with Crippen LogP contribution >= 0.6 is 0 Å². The minimum Gasteiger partial charge on any atom is -0.504 e. The lowest BCUT2D eigenvalue weighted by Crippen LogP contribution is -2.18. The summed E-state index contributed by atoms with van der Waals surface area (Å²) >= 11 is 0. The summed E-state index contributed by atoms with van der Waals surface area (Å²) in [5.74, 6) is 0.698. The Morgan fingerprint density at radius 2 is 1.36 bits per heavy atom. The zero-order valence-electron chi connectivity index (χ0n) is 16.5. The second-order valence-corrected chi connectivity index (χ2v) is 8.17. The van der Waals surface area contributed by atoms with Gasteiger partial charge in [-0.05, 0) is 22.5 Å². The van der Waals surface area contributed by atoms with Gasteiger partial charge < -0.3 is 24.4 Å². The third kappa shape index (κ3) is 7.22. The van der Waals surface area contributed by atoms with Crippen molar-refractivity contribution >= 4 is 0 Å². The van der Waals surface area contributed by atoms with Crippen LogP contribution in [0.4, 0.5) is 0 Å². The molecule has 25 heavy (non-hydrogen) atoms. The predicted molar refractivity (Wildman–Crippen MR) is 99.7 cm³/mol. The molecule has 0 aliphatic heterocycles. The summed E-state index contributed by atoms with van der Waals surface area (Å²) in [5.41, 5.74) is 1.80. The van der Waals surface area contributed by atoms with Gasteiger partial charge in [-0.25, -0.2) is 0 Å². The number of phenolic OH excluding ortho intramolecular Hbond substituents is 1. The van der Waals surface area contributed by atoms with Gasteiger partial charge in [0.1, 0.15) is 6.61 Å². The van der Waals surface area contributed by atoms with Crippen molar-refractivity contribution in [1.82, 2.24) is 0 Å². The average Bonchev–Trinajstić information content (AvgIpc) is 2.49. The van der Waals surface area contributed by atoms with Crippen LogP contribution in [0.5, 0.6) is 11.5 Å². The number of aliphatic hydroxyl groups is 1. The largest absolute Gasteiger partial charge is 0.504 e. The van der Waals surface area contributed by atoms with Gasteiger partial charge in [-0.1, -0.05) is 47.6 Å². The van der Waals surface area contributed by atoms with E-state index in [-0.39, 0.29) is 23.2 Å². The molecule has 0 atom stereocenters. The molecule has 0 aromatic heterocycles. The van der Waals surface area contributed by atoms with Crippen LogP contribution < -0.4 is 4.74 Å². The Bertz CT molecular complexity index is 526. The first-order valence-electron chi connectivity index (χ1n) is 8.84. The molecule has 0 fully saturated rings. The Morgan fingerprint density at radius 3 is 1.88 bits per heavy atom. The van der Waals surface area contributed by atoms with Crippen molar-refractivity contribution < 1.29 is 24.4 Å². The van der Waals surface area contributed by atoms with Gasteiger partial charge in [0.2, 0.25) is 0 Å². The lowest BCUT2D eigenvalue weighted by molar-refractivity contribution is 0.0245. The standard InChI is InChI=1S/C20H34O5/c1-19(2,3)15-13-16(20(4,5)6)18(22)17(14-15)25-12-11-24-10-9-23-8-7-21/h13-14,21-22H,7-12H2,1-6H3. The van der Waals surface area contributed by atoms with E-state index in [9.17, 15) is 5.11 Å². The van der Waals surface area contributed by atoms with E-state index in [2.05, 4.69) is 47.6 Å². The van der Waals surface area contributed by atoms with Crippen molar-refractivity contribution in [1.29, 1.82) is 0 Å². The lowest BCUT2D eigenvalue weighted by atomic mass is 9.80. The van der Waals surface area contributed by atoms with Crippen molar-refractivity contribution in [2.24, 2.45) is 0 Å². The van der Waals surface area contributed by atoms with E-state index >= 15 is 0 Å². The fourth-order valence-corrected chi connectivity index (χ4v) is 2.32. The summed E-state index contributed by atoms with van der Waals surface area (Å²) in [6, 6.07) is 3.98. The van der Waals surface area contributed by atoms with E-state index in [0.29, 0.717) is 38.8 Å². The van der Waals surface area contributed by atoms with E-state index in [1.54, 1.807) is 0 Å². The van der Waals surface area contributed by atoms with E-state index in [4.69, 9.17) is 19.3 Å². The number of aromatic hydroxyl groups is 1. The van der Waals surface area contributed by atoms with Gasteiger partial charge in [0.15, 0.2) is 11.5 Å². The van der Waals surface area contributed by atoms with Gasteiger partial charge >= 0.3 is 0 Å². The summed E-state index contributed by atoms with van der Waals surface area (Å²) in [6.07, 6.45) is 0. The number of phenols is 1. The first kappa shape index (κ1) is 21.7. The Kier molecular flexibility index (Phi) is 8.19. The molecule has 5 nitrogen and oxygen atoms in total. The Hall–Kier alpha value is -1.30. The Morgan fingerprint density at radius 1 is 0.800 bits per heavy atom. The number of hydrogen-bond donors (Lipinski definition) is 2. The lowest BCUT2D eigenvalue weighted by Gasteiger charge is -2.27. The summed E-state index contributed by atoms with van der Waals surface area (Å²) in [4.78, 5) is 0. The molecule has 0 unspecified atom stereocenters. The monoisotopic (exact) mass is 354 g/mol. The predicted octanol–water partition coefficient (Wildman–Crippen LogP) is 3.39. The van der Waals surface area contributed by atoms with Crippen molar-refractivity contribution in [2.75, 3.05) is 39.6 Å². The highest BCUT2D eigenvalue weighted by molar-refractivity contribution is 5.52. The minimum atomic E-state index is -0.177. The van der Waals surface area contributed by atoms with Crippen LogP contribution in [0.1, 0.15) is 52.7 Å². The SMILES string of the molecule is CC(C)(C)c1cc(OCCOCCOCCO)c(O)c(C(C)(C)C)c1. The summed E-state index contributed by atoms with van der Waals surface area (Å²) in [6.45, 7) is 14.7. The maximum atomic E-state index is 10.6. The molecule has 0 amide bonds. The molecule has 0 radical (unpaired) electrons. The quantitative estimate of drug-likeness (QED) is 0.665. The van der Waals surface area contributed by atoms with E-state index in [1.165, 1.54) is 0 Å². The van der Waals surface area contributed by atoms with Gasteiger partial charge in [-0.15, -0.1) is 0 Å². The third-order valence-corrected chi connectivity index (χ3v) is 3.84. The molecule has 0 spiro atoms. The Labute approximate surface area is 151 Å². The summed E-state index contributed by atoms with van der Waals surface area (Å²) < 4.78 is 16.3. The van der Waals surface area contributed by atoms with Gasteiger partial charge in [0.25, 0.3) is 0 Å². The number of rotatable bonds is 9. The Balaban J connectivity index is 2.72. The highest BCUT2D eigenvalue weighted by atomic mass is 16.5. The zero-order chi connectivity index (χ0) is 19.1. The average molecular weight is 354 g/mol. The minimum absolute atomic E-state index is 0.0165. The number of hydrogen-bond acceptors (Lipinski definition) is 5. The second kappa shape index (κ2) is 9.41. The zero-order valence-corrected chi connectivity index (χ0v) is 16.5. The first-order chi connectivity index (χ1) is 11.6. The number of ether oxygens (including phenoxy) is 3. The fraction of sp³-hybridized carbons (Fsp3) is 0.700. The van der Waals surface area contributed by atoms with E-state index in [0.717, 1.165) is 11.1 Å². The smallest absolute Gasteiger partial charge is 0.161 e. The van der Waals surface area contributed by atoms with Crippen LogP contribution in [0.25, 0.3) is 0 Å². The highest BCUT2D eigenvalue weighted by Gasteiger charge is 2.25. The van der Waals surface area contributed by atoms with Crippen molar-refractivity contribution in [3.05, 3.63) is 23.3 Å². The number of benzene rings is 1. The molecule has 0 aliphatic rings. The van der Waals surface area contributed by atoms with Crippen LogP contribution in [-0.2, 0) is 20.3 Å². The maximum Gasteiger partial charge on any atom is 0.161 e. The van der Waals surface area contributed by atoms with Gasteiger partial charge in [0, 0.05) is 5.56 Å². The molecule has 1 aromatic rings. The number of aliphatic hydroxyl groups excluding tert-OH is 1. The summed E-state index contributed by atoms with van der Waals surface area (Å²) in [5, 5.41) is 19.2. The molecule has 0 aliphatic carbocycles. The van der Waals surface area contributed by atoms with Crippen LogP contribution in [0.2, 0.25) is 0 Å². The normalized spacial score (nSPS) is 12.4. The molecule has 144 valence electrons. The highest BCUT2D eigenvalue weighted by Crippen LogP contribution is 2.41. The molecule has 1 rings (SSSR count). The molecular weight excluding hydrogens is 320 g/mol. The fourth-order valence-electron chi connectivity index (χ4n) is 2.32. The van der Waals surface area contributed by atoms with Crippen molar-refractivity contribution in [3.8, 4) is 11.5 Å². The van der Waals surface area contributed by atoms with E-state index < -0.39 is 0 Å². The van der Waals surface area contributed by atoms with E-state index in [1.807, 2.05) is 6.07 Å². The van der Waals surface area contributed by atoms with Crippen molar-refractivity contribution in [3.63, 3.8) is 0 Å². The molecule has 1 aromatic carbocycles. The van der Waals surface area contributed by atoms with Crippen LogP contribution in [-0.4, -0.2) is 49.9 Å². The topological polar surface area (TPSA) is 68.2 Å². The van der Waals surface area contributed by atoms with Gasteiger partial charge in [-0.3, -0.25) is 0 Å².